The van der Waals surface area contributed by atoms with Crippen LogP contribution in [-0.2, 0) is 0 Å². The Morgan fingerprint density at radius 1 is 1.00 bits per heavy atom. The van der Waals surface area contributed by atoms with Crippen LogP contribution < -0.4 is 20.1 Å². The molecule has 162 valence electrons. The molecule has 1 heterocycles. The van der Waals surface area contributed by atoms with Crippen LogP contribution in [0.1, 0.15) is 59.8 Å². The van der Waals surface area contributed by atoms with Crippen LogP contribution in [0.2, 0.25) is 0 Å². The van der Waals surface area contributed by atoms with Crippen LogP contribution >= 0.6 is 15.9 Å². The SMILES string of the molecule is CC.CC.COc1ccc(Nc2ncc(Br)c(NC3CCCCC3)n2)c(OC)c1. The number of benzene rings is 1. The number of rotatable bonds is 6. The lowest BCUT2D eigenvalue weighted by atomic mass is 9.95. The third-order valence-electron chi connectivity index (χ3n) is 4.35. The van der Waals surface area contributed by atoms with Gasteiger partial charge in [0, 0.05) is 18.3 Å². The minimum atomic E-state index is 0.475. The maximum Gasteiger partial charge on any atom is 0.229 e. The first-order valence-corrected chi connectivity index (χ1v) is 11.3. The maximum absolute atomic E-state index is 5.41. The van der Waals surface area contributed by atoms with Gasteiger partial charge in [-0.1, -0.05) is 47.0 Å². The number of aromatic nitrogens is 2. The van der Waals surface area contributed by atoms with Gasteiger partial charge in [-0.15, -0.1) is 0 Å². The summed E-state index contributed by atoms with van der Waals surface area (Å²) in [6, 6.07) is 6.05. The van der Waals surface area contributed by atoms with Gasteiger partial charge < -0.3 is 20.1 Å². The maximum atomic E-state index is 5.41. The van der Waals surface area contributed by atoms with Crippen LogP contribution in [0.25, 0.3) is 0 Å². The molecule has 7 heteroatoms. The van der Waals surface area contributed by atoms with Gasteiger partial charge in [-0.3, -0.25) is 0 Å². The van der Waals surface area contributed by atoms with E-state index in [2.05, 4.69) is 36.5 Å². The standard InChI is InChI=1S/C18H23BrN4O2.2C2H6/c1-24-13-8-9-15(16(10-13)25-2)22-18-20-11-14(19)17(23-18)21-12-6-4-3-5-7-12;2*1-2/h8-12H,3-7H2,1-2H3,(H2,20,21,22,23);2*1-2H3. The van der Waals surface area contributed by atoms with Crippen LogP contribution in [0.5, 0.6) is 11.5 Å². The fourth-order valence-electron chi connectivity index (χ4n) is 2.99. The molecule has 0 spiro atoms. The van der Waals surface area contributed by atoms with Crippen molar-refractivity contribution in [3.05, 3.63) is 28.9 Å². The topological polar surface area (TPSA) is 68.3 Å². The van der Waals surface area contributed by atoms with Gasteiger partial charge >= 0.3 is 0 Å². The number of nitrogens with one attached hydrogen (secondary N) is 2. The van der Waals surface area contributed by atoms with E-state index in [-0.39, 0.29) is 0 Å². The molecule has 1 aliphatic rings. The van der Waals surface area contributed by atoms with E-state index < -0.39 is 0 Å². The first kappa shape index (κ1) is 25.0. The molecule has 1 aromatic carbocycles. The molecule has 0 unspecified atom stereocenters. The summed E-state index contributed by atoms with van der Waals surface area (Å²) < 4.78 is 11.5. The van der Waals surface area contributed by atoms with E-state index in [0.29, 0.717) is 17.7 Å². The molecule has 0 amide bonds. The highest BCUT2D eigenvalue weighted by Gasteiger charge is 2.16. The Bertz CT molecular complexity index is 722. The normalized spacial score (nSPS) is 13.2. The summed E-state index contributed by atoms with van der Waals surface area (Å²) in [6.45, 7) is 8.00. The van der Waals surface area contributed by atoms with Crippen molar-refractivity contribution in [2.45, 2.75) is 65.8 Å². The van der Waals surface area contributed by atoms with Crippen molar-refractivity contribution in [3.63, 3.8) is 0 Å². The number of hydrogen-bond acceptors (Lipinski definition) is 6. The second kappa shape index (κ2) is 14.0. The van der Waals surface area contributed by atoms with Crippen LogP contribution in [-0.4, -0.2) is 30.2 Å². The molecule has 0 bridgehead atoms. The summed E-state index contributed by atoms with van der Waals surface area (Å²) in [5.74, 6) is 2.74. The molecular weight excluding hydrogens is 432 g/mol. The van der Waals surface area contributed by atoms with Crippen LogP contribution in [0.15, 0.2) is 28.9 Å². The lowest BCUT2D eigenvalue weighted by Gasteiger charge is -2.24. The zero-order valence-electron chi connectivity index (χ0n) is 18.5. The van der Waals surface area contributed by atoms with E-state index in [1.165, 1.54) is 32.1 Å². The minimum absolute atomic E-state index is 0.475. The number of ether oxygens (including phenoxy) is 2. The van der Waals surface area contributed by atoms with Gasteiger partial charge in [-0.2, -0.15) is 4.98 Å². The summed E-state index contributed by atoms with van der Waals surface area (Å²) in [7, 11) is 3.25. The Balaban J connectivity index is 0.000000989. The average molecular weight is 467 g/mol. The van der Waals surface area contributed by atoms with E-state index in [0.717, 1.165) is 21.7 Å². The molecular formula is C22H35BrN4O2. The van der Waals surface area contributed by atoms with Gasteiger partial charge in [0.25, 0.3) is 0 Å². The minimum Gasteiger partial charge on any atom is -0.497 e. The van der Waals surface area contributed by atoms with E-state index in [1.807, 2.05) is 45.9 Å². The Morgan fingerprint density at radius 2 is 1.69 bits per heavy atom. The lowest BCUT2D eigenvalue weighted by molar-refractivity contribution is 0.395. The van der Waals surface area contributed by atoms with E-state index >= 15 is 0 Å². The fourth-order valence-corrected chi connectivity index (χ4v) is 3.30. The summed E-state index contributed by atoms with van der Waals surface area (Å²) in [5.41, 5.74) is 0.786. The third-order valence-corrected chi connectivity index (χ3v) is 4.93. The number of nitrogens with zero attached hydrogens (tertiary/aromatic N) is 2. The highest BCUT2D eigenvalue weighted by atomic mass is 79.9. The zero-order chi connectivity index (χ0) is 21.6. The molecule has 0 aliphatic heterocycles. The van der Waals surface area contributed by atoms with Crippen molar-refractivity contribution in [2.75, 3.05) is 24.9 Å². The molecule has 1 fully saturated rings. The second-order valence-electron chi connectivity index (χ2n) is 6.06. The van der Waals surface area contributed by atoms with Crippen molar-refractivity contribution in [3.8, 4) is 11.5 Å². The second-order valence-corrected chi connectivity index (χ2v) is 6.91. The Morgan fingerprint density at radius 3 is 2.31 bits per heavy atom. The monoisotopic (exact) mass is 466 g/mol. The first-order valence-electron chi connectivity index (χ1n) is 10.5. The molecule has 29 heavy (non-hydrogen) atoms. The summed E-state index contributed by atoms with van der Waals surface area (Å²) >= 11 is 3.53. The highest BCUT2D eigenvalue weighted by Crippen LogP contribution is 2.32. The lowest BCUT2D eigenvalue weighted by Crippen LogP contribution is -2.23. The third kappa shape index (κ3) is 7.72. The zero-order valence-corrected chi connectivity index (χ0v) is 20.1. The molecule has 0 radical (unpaired) electrons. The molecule has 6 nitrogen and oxygen atoms in total. The van der Waals surface area contributed by atoms with Crippen LogP contribution in [0.3, 0.4) is 0 Å². The van der Waals surface area contributed by atoms with Gasteiger partial charge in [0.05, 0.1) is 24.4 Å². The van der Waals surface area contributed by atoms with Gasteiger partial charge in [-0.05, 0) is 40.9 Å². The number of methoxy groups -OCH3 is 2. The number of halogens is 1. The van der Waals surface area contributed by atoms with Crippen molar-refractivity contribution in [1.29, 1.82) is 0 Å². The number of anilines is 3. The molecule has 1 aliphatic carbocycles. The molecule has 2 aromatic rings. The molecule has 0 atom stereocenters. The molecule has 3 rings (SSSR count). The summed E-state index contributed by atoms with van der Waals surface area (Å²) in [5, 5.41) is 6.75. The predicted molar refractivity (Wildman–Crippen MR) is 126 cm³/mol. The molecule has 1 saturated carbocycles. The van der Waals surface area contributed by atoms with Gasteiger partial charge in [0.15, 0.2) is 0 Å². The number of hydrogen-bond donors (Lipinski definition) is 2. The van der Waals surface area contributed by atoms with E-state index in [4.69, 9.17) is 9.47 Å². The van der Waals surface area contributed by atoms with Crippen molar-refractivity contribution >= 4 is 33.4 Å². The highest BCUT2D eigenvalue weighted by molar-refractivity contribution is 9.10. The van der Waals surface area contributed by atoms with Gasteiger partial charge in [-0.25, -0.2) is 4.98 Å². The predicted octanol–water partition coefficient (Wildman–Crippen LogP) is 6.80. The average Bonchev–Trinajstić information content (AvgIpc) is 2.79. The van der Waals surface area contributed by atoms with E-state index in [9.17, 15) is 0 Å². The van der Waals surface area contributed by atoms with Gasteiger partial charge in [0.1, 0.15) is 17.3 Å². The van der Waals surface area contributed by atoms with Crippen LogP contribution in [0, 0.1) is 0 Å². The van der Waals surface area contributed by atoms with Gasteiger partial charge in [0.2, 0.25) is 5.95 Å². The smallest absolute Gasteiger partial charge is 0.229 e. The quantitative estimate of drug-likeness (QED) is 0.487. The largest absolute Gasteiger partial charge is 0.497 e. The molecule has 2 N–H and O–H groups in total. The van der Waals surface area contributed by atoms with Crippen molar-refractivity contribution < 1.29 is 9.47 Å². The summed E-state index contributed by atoms with van der Waals surface area (Å²) in [4.78, 5) is 8.96. The fraction of sp³-hybridized carbons (Fsp3) is 0.545. The van der Waals surface area contributed by atoms with Crippen LogP contribution in [0.4, 0.5) is 17.5 Å². The Kier molecular flexibility index (Phi) is 12.1. The molecule has 1 aromatic heterocycles. The van der Waals surface area contributed by atoms with Crippen molar-refractivity contribution in [1.82, 2.24) is 9.97 Å². The molecule has 0 saturated heterocycles. The first-order chi connectivity index (χ1) is 14.2. The Labute approximate surface area is 184 Å². The van der Waals surface area contributed by atoms with Crippen molar-refractivity contribution in [2.24, 2.45) is 0 Å². The Hall–Kier alpha value is -2.02. The van der Waals surface area contributed by atoms with E-state index in [1.54, 1.807) is 20.4 Å². The summed E-state index contributed by atoms with van der Waals surface area (Å²) in [6.07, 6.45) is 8.00.